The minimum Gasteiger partial charge on any atom is -0.462 e. The van der Waals surface area contributed by atoms with E-state index in [2.05, 4.69) is 15.9 Å². The predicted octanol–water partition coefficient (Wildman–Crippen LogP) is 3.45. The molecule has 1 aromatic carbocycles. The van der Waals surface area contributed by atoms with Gasteiger partial charge >= 0.3 is 5.97 Å². The first-order chi connectivity index (χ1) is 8.51. The molecule has 0 fully saturated rings. The van der Waals surface area contributed by atoms with Gasteiger partial charge in [-0.2, -0.15) is 5.26 Å². The molecule has 0 amide bonds. The van der Waals surface area contributed by atoms with Crippen LogP contribution in [0.5, 0.6) is 0 Å². The lowest BCUT2D eigenvalue weighted by Crippen LogP contribution is -2.08. The number of hydrogen-bond acceptors (Lipinski definition) is 3. The fraction of sp³-hybridized carbons (Fsp3) is 0.231. The second-order valence-electron chi connectivity index (χ2n) is 3.46. The third-order valence-electron chi connectivity index (χ3n) is 2.32. The maximum Gasteiger partial charge on any atom is 0.349 e. The number of benzene rings is 1. The van der Waals surface area contributed by atoms with Crippen LogP contribution in [-0.2, 0) is 9.53 Å². The summed E-state index contributed by atoms with van der Waals surface area (Å²) >= 11 is 3.06. The van der Waals surface area contributed by atoms with Gasteiger partial charge in [-0.3, -0.25) is 0 Å². The van der Waals surface area contributed by atoms with Gasteiger partial charge in [0.1, 0.15) is 17.5 Å². The first-order valence-corrected chi connectivity index (χ1v) is 6.04. The molecule has 0 N–H and O–H groups in total. The molecule has 0 spiro atoms. The van der Waals surface area contributed by atoms with Crippen molar-refractivity contribution in [3.05, 3.63) is 39.6 Å². The first-order valence-electron chi connectivity index (χ1n) is 5.24. The quantitative estimate of drug-likeness (QED) is 0.488. The lowest BCUT2D eigenvalue weighted by atomic mass is 10.0. The third-order valence-corrected chi connectivity index (χ3v) is 2.93. The maximum absolute atomic E-state index is 13.1. The molecule has 0 aliphatic heterocycles. The molecule has 0 aliphatic carbocycles. The van der Waals surface area contributed by atoms with Gasteiger partial charge in [-0.15, -0.1) is 0 Å². The van der Waals surface area contributed by atoms with Crippen LogP contribution >= 0.6 is 15.9 Å². The Morgan fingerprint density at radius 2 is 2.22 bits per heavy atom. The molecule has 0 radical (unpaired) electrons. The van der Waals surface area contributed by atoms with E-state index in [1.165, 1.54) is 18.2 Å². The molecular weight excluding hydrogens is 301 g/mol. The highest BCUT2D eigenvalue weighted by Crippen LogP contribution is 2.24. The van der Waals surface area contributed by atoms with Crippen LogP contribution in [0.1, 0.15) is 19.4 Å². The highest BCUT2D eigenvalue weighted by molar-refractivity contribution is 9.10. The van der Waals surface area contributed by atoms with Crippen LogP contribution in [0, 0.1) is 17.1 Å². The van der Waals surface area contributed by atoms with E-state index in [0.29, 0.717) is 11.1 Å². The Bertz CT molecular complexity index is 546. The summed E-state index contributed by atoms with van der Waals surface area (Å²) in [5, 5.41) is 8.98. The molecule has 0 aromatic heterocycles. The highest BCUT2D eigenvalue weighted by Gasteiger charge is 2.15. The van der Waals surface area contributed by atoms with Gasteiger partial charge in [-0.1, -0.05) is 6.07 Å². The number of allylic oxidation sites excluding steroid dienone is 1. The van der Waals surface area contributed by atoms with Crippen molar-refractivity contribution in [3.8, 4) is 6.07 Å². The number of nitrogens with zero attached hydrogens (tertiary/aromatic N) is 1. The number of rotatable bonds is 3. The maximum atomic E-state index is 13.1. The Labute approximate surface area is 113 Å². The Balaban J connectivity index is 3.23. The van der Waals surface area contributed by atoms with E-state index in [0.717, 1.165) is 0 Å². The molecule has 0 bridgehead atoms. The Kier molecular flexibility index (Phi) is 5.05. The molecule has 0 heterocycles. The van der Waals surface area contributed by atoms with Gasteiger partial charge in [0.15, 0.2) is 0 Å². The molecule has 5 heteroatoms. The highest BCUT2D eigenvalue weighted by atomic mass is 79.9. The first kappa shape index (κ1) is 14.4. The molecule has 1 aromatic rings. The van der Waals surface area contributed by atoms with Crippen LogP contribution in [0.4, 0.5) is 4.39 Å². The average Bonchev–Trinajstić information content (AvgIpc) is 2.33. The van der Waals surface area contributed by atoms with Crippen LogP contribution in [-0.4, -0.2) is 12.6 Å². The van der Waals surface area contributed by atoms with Crippen molar-refractivity contribution in [3.63, 3.8) is 0 Å². The summed E-state index contributed by atoms with van der Waals surface area (Å²) < 4.78 is 18.2. The molecule has 94 valence electrons. The van der Waals surface area contributed by atoms with Gasteiger partial charge in [-0.05, 0) is 53.0 Å². The topological polar surface area (TPSA) is 50.1 Å². The molecule has 3 nitrogen and oxygen atoms in total. The van der Waals surface area contributed by atoms with Crippen molar-refractivity contribution in [2.75, 3.05) is 6.61 Å². The zero-order chi connectivity index (χ0) is 13.7. The van der Waals surface area contributed by atoms with Crippen LogP contribution in [0.15, 0.2) is 28.2 Å². The van der Waals surface area contributed by atoms with E-state index < -0.39 is 11.8 Å². The average molecular weight is 312 g/mol. The van der Waals surface area contributed by atoms with Gasteiger partial charge in [0.05, 0.1) is 11.1 Å². The summed E-state index contributed by atoms with van der Waals surface area (Å²) in [7, 11) is 0. The van der Waals surface area contributed by atoms with Gasteiger partial charge < -0.3 is 4.74 Å². The van der Waals surface area contributed by atoms with Crippen molar-refractivity contribution in [2.24, 2.45) is 0 Å². The van der Waals surface area contributed by atoms with Gasteiger partial charge in [0.2, 0.25) is 0 Å². The number of carbonyl (C=O) groups excluding carboxylic acids is 1. The smallest absolute Gasteiger partial charge is 0.349 e. The predicted molar refractivity (Wildman–Crippen MR) is 68.9 cm³/mol. The lowest BCUT2D eigenvalue weighted by molar-refractivity contribution is -0.137. The van der Waals surface area contributed by atoms with E-state index in [1.807, 2.05) is 6.07 Å². The Hall–Kier alpha value is -1.67. The van der Waals surface area contributed by atoms with Gasteiger partial charge in [-0.25, -0.2) is 9.18 Å². The van der Waals surface area contributed by atoms with Crippen molar-refractivity contribution >= 4 is 27.5 Å². The molecular formula is C13H11BrFNO2. The van der Waals surface area contributed by atoms with E-state index in [4.69, 9.17) is 10.00 Å². The third kappa shape index (κ3) is 3.17. The summed E-state index contributed by atoms with van der Waals surface area (Å²) in [6.45, 7) is 3.48. The van der Waals surface area contributed by atoms with Gasteiger partial charge in [0.25, 0.3) is 0 Å². The van der Waals surface area contributed by atoms with Crippen molar-refractivity contribution in [1.29, 1.82) is 5.26 Å². The molecule has 0 saturated carbocycles. The molecule has 0 atom stereocenters. The zero-order valence-corrected chi connectivity index (χ0v) is 11.5. The van der Waals surface area contributed by atoms with Crippen molar-refractivity contribution < 1.29 is 13.9 Å². The molecule has 0 aliphatic rings. The summed E-state index contributed by atoms with van der Waals surface area (Å²) in [4.78, 5) is 11.6. The Morgan fingerprint density at radius 3 is 2.72 bits per heavy atom. The fourth-order valence-electron chi connectivity index (χ4n) is 1.36. The summed E-state index contributed by atoms with van der Waals surface area (Å²) in [5.74, 6) is -1.07. The largest absolute Gasteiger partial charge is 0.462 e. The summed E-state index contributed by atoms with van der Waals surface area (Å²) in [6, 6.07) is 6.10. The molecule has 18 heavy (non-hydrogen) atoms. The number of nitriles is 1. The lowest BCUT2D eigenvalue weighted by Gasteiger charge is -2.06. The fourth-order valence-corrected chi connectivity index (χ4v) is 1.74. The molecule has 0 unspecified atom stereocenters. The zero-order valence-electron chi connectivity index (χ0n) is 9.96. The molecule has 1 rings (SSSR count). The van der Waals surface area contributed by atoms with Crippen LogP contribution in [0.3, 0.4) is 0 Å². The SMILES string of the molecule is CCOC(=O)/C(C#N)=C(\C)c1ccc(F)c(Br)c1. The Morgan fingerprint density at radius 1 is 1.56 bits per heavy atom. The van der Waals surface area contributed by atoms with Crippen LogP contribution in [0.2, 0.25) is 0 Å². The second-order valence-corrected chi connectivity index (χ2v) is 4.32. The number of ether oxygens (including phenoxy) is 1. The standard InChI is InChI=1S/C13H11BrFNO2/c1-3-18-13(17)10(7-16)8(2)9-4-5-12(15)11(14)6-9/h4-6H,3H2,1-2H3/b10-8+. The van der Waals surface area contributed by atoms with Gasteiger partial charge in [0, 0.05) is 0 Å². The van der Waals surface area contributed by atoms with E-state index >= 15 is 0 Å². The normalized spacial score (nSPS) is 11.5. The molecule has 0 saturated heterocycles. The number of halogens is 2. The van der Waals surface area contributed by atoms with E-state index in [1.54, 1.807) is 13.8 Å². The van der Waals surface area contributed by atoms with Crippen molar-refractivity contribution in [1.82, 2.24) is 0 Å². The van der Waals surface area contributed by atoms with Crippen molar-refractivity contribution in [2.45, 2.75) is 13.8 Å². The van der Waals surface area contributed by atoms with E-state index in [-0.39, 0.29) is 16.7 Å². The number of carbonyl (C=O) groups is 1. The van der Waals surface area contributed by atoms with Crippen LogP contribution in [0.25, 0.3) is 5.57 Å². The number of hydrogen-bond donors (Lipinski definition) is 0. The van der Waals surface area contributed by atoms with Crippen LogP contribution < -0.4 is 0 Å². The minimum atomic E-state index is -0.669. The summed E-state index contributed by atoms with van der Waals surface area (Å²) in [5.41, 5.74) is 0.972. The summed E-state index contributed by atoms with van der Waals surface area (Å²) in [6.07, 6.45) is 0. The van der Waals surface area contributed by atoms with E-state index in [9.17, 15) is 9.18 Å². The number of esters is 1. The minimum absolute atomic E-state index is 0.0737. The second kappa shape index (κ2) is 6.31. The monoisotopic (exact) mass is 311 g/mol.